The van der Waals surface area contributed by atoms with Gasteiger partial charge in [-0.15, -0.1) is 0 Å². The van der Waals surface area contributed by atoms with Gasteiger partial charge in [-0.25, -0.2) is 0 Å². The van der Waals surface area contributed by atoms with Gasteiger partial charge >= 0.3 is 0 Å². The van der Waals surface area contributed by atoms with Crippen molar-refractivity contribution in [3.63, 3.8) is 0 Å². The molecule has 3 aromatic carbocycles. The Morgan fingerprint density at radius 3 is 2.14 bits per heavy atom. The Balaban J connectivity index is 2.17. The number of benzene rings is 3. The van der Waals surface area contributed by atoms with Crippen LogP contribution in [0, 0.1) is 13.8 Å². The van der Waals surface area contributed by atoms with E-state index >= 15 is 0 Å². The van der Waals surface area contributed by atoms with E-state index in [1.165, 1.54) is 33.1 Å². The molecule has 3 atom stereocenters. The highest BCUT2D eigenvalue weighted by Crippen LogP contribution is 2.51. The number of aliphatic hydroxyl groups excluding tert-OH is 1. The van der Waals surface area contributed by atoms with Gasteiger partial charge in [-0.1, -0.05) is 121 Å². The highest BCUT2D eigenvalue weighted by atomic mass is 31.1. The maximum Gasteiger partial charge on any atom is 0.127 e. The molecule has 0 aliphatic carbocycles. The molecule has 0 spiro atoms. The van der Waals surface area contributed by atoms with Crippen LogP contribution in [0.1, 0.15) is 93.9 Å². The lowest BCUT2D eigenvalue weighted by molar-refractivity contribution is 0.200. The van der Waals surface area contributed by atoms with Crippen molar-refractivity contribution in [1.29, 1.82) is 0 Å². The predicted molar refractivity (Wildman–Crippen MR) is 153 cm³/mol. The van der Waals surface area contributed by atoms with Crippen LogP contribution in [-0.4, -0.2) is 5.11 Å². The second-order valence-electron chi connectivity index (χ2n) is 11.2. The van der Waals surface area contributed by atoms with Crippen molar-refractivity contribution in [2.75, 3.05) is 0 Å². The standard InChI is InChI=1S/C32H43O2P/c1-9-17-32(8,35-29-16-15-22(2)18-26(29)24(4)33)28-20-23(3)19-27(31(5,6)7)30(28)34-21-25-13-11-10-12-14-25/h10-16,18-20,24,33,35H,9,17,21H2,1-8H3. The fourth-order valence-electron chi connectivity index (χ4n) is 4.83. The van der Waals surface area contributed by atoms with Crippen LogP contribution in [0.4, 0.5) is 0 Å². The van der Waals surface area contributed by atoms with Crippen LogP contribution >= 0.6 is 8.58 Å². The number of aryl methyl sites for hydroxylation is 2. The van der Waals surface area contributed by atoms with Gasteiger partial charge in [0.25, 0.3) is 0 Å². The third-order valence-electron chi connectivity index (χ3n) is 6.68. The topological polar surface area (TPSA) is 29.5 Å². The van der Waals surface area contributed by atoms with Gasteiger partial charge in [0.1, 0.15) is 12.4 Å². The van der Waals surface area contributed by atoms with E-state index in [9.17, 15) is 5.11 Å². The van der Waals surface area contributed by atoms with Crippen molar-refractivity contribution in [2.24, 2.45) is 0 Å². The summed E-state index contributed by atoms with van der Waals surface area (Å²) in [6, 6.07) is 21.6. The highest BCUT2D eigenvalue weighted by molar-refractivity contribution is 7.48. The zero-order chi connectivity index (χ0) is 25.8. The van der Waals surface area contributed by atoms with Crippen LogP contribution in [0.3, 0.4) is 0 Å². The summed E-state index contributed by atoms with van der Waals surface area (Å²) in [5.74, 6) is 1.03. The first-order chi connectivity index (χ1) is 16.4. The number of hydrogen-bond acceptors (Lipinski definition) is 2. The lowest BCUT2D eigenvalue weighted by Gasteiger charge is -2.36. The Morgan fingerprint density at radius 2 is 1.54 bits per heavy atom. The van der Waals surface area contributed by atoms with E-state index in [2.05, 4.69) is 103 Å². The third kappa shape index (κ3) is 6.75. The first kappa shape index (κ1) is 27.4. The molecule has 0 heterocycles. The summed E-state index contributed by atoms with van der Waals surface area (Å²) in [6.45, 7) is 18.2. The molecule has 0 aliphatic heterocycles. The fourth-order valence-corrected chi connectivity index (χ4v) is 6.71. The molecule has 0 amide bonds. The Kier molecular flexibility index (Phi) is 8.84. The first-order valence-electron chi connectivity index (χ1n) is 12.8. The SMILES string of the molecule is CCCC(C)(Pc1ccc(C)cc1C(C)O)c1cc(C)cc(C(C)(C)C)c1OCc1ccccc1. The van der Waals surface area contributed by atoms with Gasteiger partial charge in [-0.05, 0) is 49.0 Å². The van der Waals surface area contributed by atoms with Crippen molar-refractivity contribution < 1.29 is 9.84 Å². The average molecular weight is 491 g/mol. The van der Waals surface area contributed by atoms with Crippen LogP contribution in [0.15, 0.2) is 60.7 Å². The molecule has 3 aromatic rings. The van der Waals surface area contributed by atoms with Gasteiger partial charge < -0.3 is 9.84 Å². The summed E-state index contributed by atoms with van der Waals surface area (Å²) in [5.41, 5.74) is 7.17. The van der Waals surface area contributed by atoms with E-state index in [0.29, 0.717) is 15.2 Å². The smallest absolute Gasteiger partial charge is 0.127 e. The van der Waals surface area contributed by atoms with E-state index in [4.69, 9.17) is 4.74 Å². The molecule has 0 aliphatic rings. The van der Waals surface area contributed by atoms with Gasteiger partial charge in [0, 0.05) is 16.3 Å². The molecule has 188 valence electrons. The summed E-state index contributed by atoms with van der Waals surface area (Å²) >= 11 is 0. The second kappa shape index (κ2) is 11.3. The van der Waals surface area contributed by atoms with E-state index in [-0.39, 0.29) is 10.6 Å². The zero-order valence-electron chi connectivity index (χ0n) is 22.8. The van der Waals surface area contributed by atoms with Gasteiger partial charge in [0.15, 0.2) is 0 Å². The molecule has 0 saturated heterocycles. The molecule has 0 fully saturated rings. The number of rotatable bonds is 9. The molecule has 3 rings (SSSR count). The van der Waals surface area contributed by atoms with Crippen molar-refractivity contribution in [3.8, 4) is 5.75 Å². The zero-order valence-corrected chi connectivity index (χ0v) is 23.8. The maximum absolute atomic E-state index is 10.6. The summed E-state index contributed by atoms with van der Waals surface area (Å²) < 4.78 is 6.72. The van der Waals surface area contributed by atoms with E-state index in [1.54, 1.807) is 0 Å². The molecule has 35 heavy (non-hydrogen) atoms. The molecule has 1 N–H and O–H groups in total. The monoisotopic (exact) mass is 490 g/mol. The van der Waals surface area contributed by atoms with Crippen molar-refractivity contribution in [2.45, 2.75) is 91.5 Å². The Morgan fingerprint density at radius 1 is 0.886 bits per heavy atom. The molecule has 0 radical (unpaired) electrons. The minimum absolute atomic E-state index is 0.0440. The average Bonchev–Trinajstić information content (AvgIpc) is 2.79. The molecular formula is C32H43O2P. The van der Waals surface area contributed by atoms with E-state index < -0.39 is 6.10 Å². The quantitative estimate of drug-likeness (QED) is 0.306. The minimum atomic E-state index is -0.486. The number of ether oxygens (including phenoxy) is 1. The van der Waals surface area contributed by atoms with Gasteiger partial charge in [-0.3, -0.25) is 0 Å². The van der Waals surface area contributed by atoms with Crippen LogP contribution in [0.5, 0.6) is 5.75 Å². The first-order valence-corrected chi connectivity index (χ1v) is 13.8. The van der Waals surface area contributed by atoms with Crippen LogP contribution in [0.2, 0.25) is 0 Å². The molecule has 3 heteroatoms. The summed E-state index contributed by atoms with van der Waals surface area (Å²) in [6.07, 6.45) is 1.64. The summed E-state index contributed by atoms with van der Waals surface area (Å²) in [5, 5.41) is 11.7. The molecular weight excluding hydrogens is 447 g/mol. The minimum Gasteiger partial charge on any atom is -0.488 e. The Labute approximate surface area is 214 Å². The van der Waals surface area contributed by atoms with Gasteiger partial charge in [0.05, 0.1) is 6.10 Å². The molecule has 2 nitrogen and oxygen atoms in total. The van der Waals surface area contributed by atoms with E-state index in [1.807, 2.05) is 13.0 Å². The summed E-state index contributed by atoms with van der Waals surface area (Å²) in [7, 11) is 0.524. The number of hydrogen-bond donors (Lipinski definition) is 1. The lowest BCUT2D eigenvalue weighted by Crippen LogP contribution is -2.25. The molecule has 0 saturated carbocycles. The molecule has 0 aromatic heterocycles. The van der Waals surface area contributed by atoms with Crippen LogP contribution < -0.4 is 10.0 Å². The third-order valence-corrected chi connectivity index (χ3v) is 8.48. The van der Waals surface area contributed by atoms with Crippen LogP contribution in [0.25, 0.3) is 0 Å². The summed E-state index contributed by atoms with van der Waals surface area (Å²) in [4.78, 5) is 0. The second-order valence-corrected chi connectivity index (χ2v) is 13.1. The van der Waals surface area contributed by atoms with Gasteiger partial charge in [0.2, 0.25) is 0 Å². The lowest BCUT2D eigenvalue weighted by atomic mass is 9.81. The largest absolute Gasteiger partial charge is 0.488 e. The van der Waals surface area contributed by atoms with E-state index in [0.717, 1.165) is 24.2 Å². The molecule has 0 bridgehead atoms. The maximum atomic E-state index is 10.6. The fraction of sp³-hybridized carbons (Fsp3) is 0.438. The van der Waals surface area contributed by atoms with Crippen molar-refractivity contribution in [1.82, 2.24) is 0 Å². The highest BCUT2D eigenvalue weighted by Gasteiger charge is 2.34. The Bertz CT molecular complexity index is 1130. The van der Waals surface area contributed by atoms with Gasteiger partial charge in [-0.2, -0.15) is 0 Å². The van der Waals surface area contributed by atoms with Crippen LogP contribution in [-0.2, 0) is 17.2 Å². The Hall–Kier alpha value is -2.15. The van der Waals surface area contributed by atoms with Crippen molar-refractivity contribution in [3.05, 3.63) is 94.0 Å². The molecule has 3 unspecified atom stereocenters. The number of aliphatic hydroxyl groups is 1. The van der Waals surface area contributed by atoms with Crippen molar-refractivity contribution >= 4 is 13.9 Å². The predicted octanol–water partition coefficient (Wildman–Crippen LogP) is 8.25. The normalized spacial score (nSPS) is 14.8.